The van der Waals surface area contributed by atoms with Crippen LogP contribution >= 0.6 is 11.8 Å². The van der Waals surface area contributed by atoms with Crippen LogP contribution < -0.4 is 0 Å². The van der Waals surface area contributed by atoms with Crippen LogP contribution in [0.25, 0.3) is 0 Å². The van der Waals surface area contributed by atoms with Crippen LogP contribution in [-0.2, 0) is 9.53 Å². The second-order valence-corrected chi connectivity index (χ2v) is 4.34. The SMILES string of the molecule is C=CC(C)(C)C(SC)C(=O)OCC. The van der Waals surface area contributed by atoms with E-state index >= 15 is 0 Å². The van der Waals surface area contributed by atoms with Crippen molar-refractivity contribution in [2.24, 2.45) is 5.41 Å². The molecule has 2 nitrogen and oxygen atoms in total. The Hall–Kier alpha value is -0.440. The number of ether oxygens (including phenoxy) is 1. The third-order valence-corrected chi connectivity index (χ3v) is 3.21. The molecule has 0 saturated carbocycles. The fraction of sp³-hybridized carbons (Fsp3) is 0.700. The van der Waals surface area contributed by atoms with Crippen molar-refractivity contribution < 1.29 is 9.53 Å². The van der Waals surface area contributed by atoms with Gasteiger partial charge < -0.3 is 4.74 Å². The van der Waals surface area contributed by atoms with Crippen molar-refractivity contribution in [1.82, 2.24) is 0 Å². The number of thioether (sulfide) groups is 1. The number of esters is 1. The van der Waals surface area contributed by atoms with Gasteiger partial charge in [-0.15, -0.1) is 18.3 Å². The van der Waals surface area contributed by atoms with Gasteiger partial charge in [0, 0.05) is 5.41 Å². The van der Waals surface area contributed by atoms with E-state index in [9.17, 15) is 4.79 Å². The van der Waals surface area contributed by atoms with Crippen molar-refractivity contribution in [2.75, 3.05) is 12.9 Å². The lowest BCUT2D eigenvalue weighted by Gasteiger charge is -2.27. The van der Waals surface area contributed by atoms with E-state index in [0.717, 1.165) is 0 Å². The van der Waals surface area contributed by atoms with Gasteiger partial charge in [0.15, 0.2) is 0 Å². The Balaban J connectivity index is 4.49. The first-order valence-corrected chi connectivity index (χ1v) is 5.61. The molecule has 0 saturated heterocycles. The van der Waals surface area contributed by atoms with E-state index in [2.05, 4.69) is 6.58 Å². The molecule has 0 aromatic heterocycles. The van der Waals surface area contributed by atoms with Crippen LogP contribution in [0.15, 0.2) is 12.7 Å². The molecule has 0 aromatic rings. The maximum Gasteiger partial charge on any atom is 0.319 e. The van der Waals surface area contributed by atoms with Crippen molar-refractivity contribution in [3.8, 4) is 0 Å². The highest BCUT2D eigenvalue weighted by Gasteiger charge is 2.33. The summed E-state index contributed by atoms with van der Waals surface area (Å²) in [6.45, 7) is 9.94. The van der Waals surface area contributed by atoms with Gasteiger partial charge in [0.25, 0.3) is 0 Å². The molecule has 0 N–H and O–H groups in total. The average Bonchev–Trinajstić information content (AvgIpc) is 2.05. The van der Waals surface area contributed by atoms with Crippen molar-refractivity contribution in [2.45, 2.75) is 26.0 Å². The minimum Gasteiger partial charge on any atom is -0.465 e. The number of hydrogen-bond donors (Lipinski definition) is 0. The van der Waals surface area contributed by atoms with E-state index in [0.29, 0.717) is 6.61 Å². The summed E-state index contributed by atoms with van der Waals surface area (Å²) in [5.41, 5.74) is -0.217. The van der Waals surface area contributed by atoms with Gasteiger partial charge in [0.2, 0.25) is 0 Å². The van der Waals surface area contributed by atoms with Crippen LogP contribution in [0.4, 0.5) is 0 Å². The smallest absolute Gasteiger partial charge is 0.319 e. The second kappa shape index (κ2) is 5.32. The zero-order chi connectivity index (χ0) is 10.5. The third-order valence-electron chi connectivity index (χ3n) is 1.94. The number of allylic oxidation sites excluding steroid dienone is 1. The summed E-state index contributed by atoms with van der Waals surface area (Å²) < 4.78 is 4.98. The minimum absolute atomic E-state index is 0.153. The highest BCUT2D eigenvalue weighted by molar-refractivity contribution is 7.99. The van der Waals surface area contributed by atoms with Gasteiger partial charge in [-0.05, 0) is 13.2 Å². The first kappa shape index (κ1) is 12.6. The molecule has 0 bridgehead atoms. The lowest BCUT2D eigenvalue weighted by Crippen LogP contribution is -2.33. The van der Waals surface area contributed by atoms with Gasteiger partial charge in [-0.3, -0.25) is 4.79 Å². The molecule has 1 unspecified atom stereocenters. The van der Waals surface area contributed by atoms with E-state index in [-0.39, 0.29) is 16.6 Å². The first-order chi connectivity index (χ1) is 5.99. The Morgan fingerprint density at radius 2 is 2.23 bits per heavy atom. The molecule has 76 valence electrons. The molecule has 0 aliphatic carbocycles. The fourth-order valence-electron chi connectivity index (χ4n) is 1.03. The van der Waals surface area contributed by atoms with Crippen molar-refractivity contribution in [3.63, 3.8) is 0 Å². The Morgan fingerprint density at radius 1 is 1.69 bits per heavy atom. The normalized spacial score (nSPS) is 13.5. The molecule has 0 fully saturated rings. The summed E-state index contributed by atoms with van der Waals surface area (Å²) in [6, 6.07) is 0. The lowest BCUT2D eigenvalue weighted by molar-refractivity contribution is -0.144. The molecule has 0 rings (SSSR count). The molecular weight excluding hydrogens is 184 g/mol. The molecule has 0 heterocycles. The fourth-order valence-corrected chi connectivity index (χ4v) is 1.99. The highest BCUT2D eigenvalue weighted by Crippen LogP contribution is 2.31. The molecule has 0 aromatic carbocycles. The van der Waals surface area contributed by atoms with Gasteiger partial charge in [0.1, 0.15) is 5.25 Å². The van der Waals surface area contributed by atoms with Gasteiger partial charge in [-0.25, -0.2) is 0 Å². The third kappa shape index (κ3) is 3.43. The van der Waals surface area contributed by atoms with Crippen LogP contribution in [0.2, 0.25) is 0 Å². The predicted octanol–water partition coefficient (Wildman–Crippen LogP) is 2.49. The second-order valence-electron chi connectivity index (χ2n) is 3.39. The number of hydrogen-bond acceptors (Lipinski definition) is 3. The van der Waals surface area contributed by atoms with Crippen molar-refractivity contribution >= 4 is 17.7 Å². The number of carbonyl (C=O) groups excluding carboxylic acids is 1. The summed E-state index contributed by atoms with van der Waals surface area (Å²) in [6.07, 6.45) is 3.71. The van der Waals surface area contributed by atoms with E-state index in [1.807, 2.05) is 27.0 Å². The molecule has 3 heteroatoms. The van der Waals surface area contributed by atoms with Crippen LogP contribution in [0.1, 0.15) is 20.8 Å². The zero-order valence-electron chi connectivity index (χ0n) is 8.79. The highest BCUT2D eigenvalue weighted by atomic mass is 32.2. The van der Waals surface area contributed by atoms with E-state index < -0.39 is 0 Å². The monoisotopic (exact) mass is 202 g/mol. The summed E-state index contributed by atoms with van der Waals surface area (Å²) in [7, 11) is 0. The van der Waals surface area contributed by atoms with Gasteiger partial charge in [-0.2, -0.15) is 0 Å². The quantitative estimate of drug-likeness (QED) is 0.506. The van der Waals surface area contributed by atoms with Gasteiger partial charge in [-0.1, -0.05) is 19.9 Å². The van der Waals surface area contributed by atoms with Crippen LogP contribution in [0.3, 0.4) is 0 Å². The maximum absolute atomic E-state index is 11.5. The molecular formula is C10H18O2S. The van der Waals surface area contributed by atoms with Crippen molar-refractivity contribution in [3.05, 3.63) is 12.7 Å². The molecule has 13 heavy (non-hydrogen) atoms. The lowest BCUT2D eigenvalue weighted by atomic mass is 9.89. The number of carbonyl (C=O) groups is 1. The Kier molecular flexibility index (Phi) is 5.14. The summed E-state index contributed by atoms with van der Waals surface area (Å²) in [5, 5.41) is -0.162. The van der Waals surface area contributed by atoms with Crippen LogP contribution in [0.5, 0.6) is 0 Å². The van der Waals surface area contributed by atoms with E-state index in [4.69, 9.17) is 4.74 Å². The maximum atomic E-state index is 11.5. The first-order valence-electron chi connectivity index (χ1n) is 4.32. The Morgan fingerprint density at radius 3 is 2.54 bits per heavy atom. The zero-order valence-corrected chi connectivity index (χ0v) is 9.61. The largest absolute Gasteiger partial charge is 0.465 e. The topological polar surface area (TPSA) is 26.3 Å². The van der Waals surface area contributed by atoms with Crippen LogP contribution in [0, 0.1) is 5.41 Å². The minimum atomic E-state index is -0.217. The van der Waals surface area contributed by atoms with Crippen molar-refractivity contribution in [1.29, 1.82) is 0 Å². The molecule has 0 aliphatic rings. The average molecular weight is 202 g/mol. The molecule has 1 atom stereocenters. The Bertz CT molecular complexity index is 187. The Labute approximate surface area is 84.7 Å². The van der Waals surface area contributed by atoms with E-state index in [1.165, 1.54) is 11.8 Å². The predicted molar refractivity (Wildman–Crippen MR) is 57.9 cm³/mol. The standard InChI is InChI=1S/C10H18O2S/c1-6-10(3,4)8(13-5)9(11)12-7-2/h6,8H,1,7H2,2-5H3. The number of rotatable bonds is 5. The van der Waals surface area contributed by atoms with Crippen LogP contribution in [-0.4, -0.2) is 24.1 Å². The van der Waals surface area contributed by atoms with Gasteiger partial charge in [0.05, 0.1) is 6.61 Å². The molecule has 0 radical (unpaired) electrons. The molecule has 0 spiro atoms. The summed E-state index contributed by atoms with van der Waals surface area (Å²) >= 11 is 1.50. The summed E-state index contributed by atoms with van der Waals surface area (Å²) in [5.74, 6) is -0.153. The molecule has 0 amide bonds. The van der Waals surface area contributed by atoms with Gasteiger partial charge >= 0.3 is 5.97 Å². The van der Waals surface area contributed by atoms with E-state index in [1.54, 1.807) is 6.08 Å². The summed E-state index contributed by atoms with van der Waals surface area (Å²) in [4.78, 5) is 11.5. The molecule has 0 aliphatic heterocycles.